The van der Waals surface area contributed by atoms with Gasteiger partial charge in [-0.05, 0) is 11.1 Å². The zero-order valence-corrected chi connectivity index (χ0v) is 8.42. The van der Waals surface area contributed by atoms with Gasteiger partial charge in [0.2, 0.25) is 0 Å². The van der Waals surface area contributed by atoms with Crippen LogP contribution < -0.4 is 0 Å². The summed E-state index contributed by atoms with van der Waals surface area (Å²) >= 11 is 0. The molecule has 6 heteroatoms. The van der Waals surface area contributed by atoms with Crippen LogP contribution in [0.3, 0.4) is 0 Å². The van der Waals surface area contributed by atoms with Crippen molar-refractivity contribution in [1.82, 2.24) is 20.2 Å². The quantitative estimate of drug-likeness (QED) is 0.775. The number of aliphatic carboxylic acids is 1. The second kappa shape index (κ2) is 4.52. The SMILES string of the molecule is O=C(O)Cc1[nH]ncc1Cc1cncnc1. The van der Waals surface area contributed by atoms with Crippen molar-refractivity contribution in [3.8, 4) is 0 Å². The fourth-order valence-corrected chi connectivity index (χ4v) is 1.44. The Balaban J connectivity index is 2.16. The number of carboxylic acid groups (broad SMARTS) is 1. The van der Waals surface area contributed by atoms with E-state index in [1.807, 2.05) is 0 Å². The molecule has 0 aromatic carbocycles. The van der Waals surface area contributed by atoms with Crippen LogP contribution >= 0.6 is 0 Å². The van der Waals surface area contributed by atoms with E-state index in [4.69, 9.17) is 5.11 Å². The molecule has 0 spiro atoms. The first-order valence-corrected chi connectivity index (χ1v) is 4.72. The van der Waals surface area contributed by atoms with Crippen molar-refractivity contribution in [2.24, 2.45) is 0 Å². The van der Waals surface area contributed by atoms with Crippen LogP contribution in [-0.2, 0) is 17.6 Å². The van der Waals surface area contributed by atoms with E-state index in [1.165, 1.54) is 6.33 Å². The number of rotatable bonds is 4. The van der Waals surface area contributed by atoms with Gasteiger partial charge in [-0.1, -0.05) is 0 Å². The van der Waals surface area contributed by atoms with Crippen LogP contribution in [0.4, 0.5) is 0 Å². The van der Waals surface area contributed by atoms with Crippen molar-refractivity contribution >= 4 is 5.97 Å². The molecule has 16 heavy (non-hydrogen) atoms. The summed E-state index contributed by atoms with van der Waals surface area (Å²) in [7, 11) is 0. The van der Waals surface area contributed by atoms with Crippen LogP contribution in [0.1, 0.15) is 16.8 Å². The van der Waals surface area contributed by atoms with Gasteiger partial charge in [-0.15, -0.1) is 0 Å². The van der Waals surface area contributed by atoms with Crippen LogP contribution in [-0.4, -0.2) is 31.2 Å². The number of aromatic nitrogens is 4. The standard InChI is InChI=1S/C10H10N4O2/c15-10(16)2-9-8(5-13-14-9)1-7-3-11-6-12-4-7/h3-6H,1-2H2,(H,13,14)(H,15,16). The molecule has 2 N–H and O–H groups in total. The Hall–Kier alpha value is -2.24. The summed E-state index contributed by atoms with van der Waals surface area (Å²) in [6.45, 7) is 0. The van der Waals surface area contributed by atoms with Gasteiger partial charge in [-0.25, -0.2) is 9.97 Å². The van der Waals surface area contributed by atoms with Gasteiger partial charge >= 0.3 is 5.97 Å². The number of nitrogens with zero attached hydrogens (tertiary/aromatic N) is 3. The smallest absolute Gasteiger partial charge is 0.309 e. The Kier molecular flexibility index (Phi) is 2.90. The predicted molar refractivity (Wildman–Crippen MR) is 54.8 cm³/mol. The zero-order valence-electron chi connectivity index (χ0n) is 8.42. The fourth-order valence-electron chi connectivity index (χ4n) is 1.44. The summed E-state index contributed by atoms with van der Waals surface area (Å²) in [5, 5.41) is 15.2. The number of nitrogens with one attached hydrogen (secondary N) is 1. The van der Waals surface area contributed by atoms with E-state index in [0.29, 0.717) is 12.1 Å². The summed E-state index contributed by atoms with van der Waals surface area (Å²) in [6, 6.07) is 0. The number of aromatic amines is 1. The van der Waals surface area contributed by atoms with E-state index >= 15 is 0 Å². The van der Waals surface area contributed by atoms with E-state index in [9.17, 15) is 4.79 Å². The highest BCUT2D eigenvalue weighted by atomic mass is 16.4. The molecule has 2 aromatic heterocycles. The molecule has 0 aliphatic rings. The lowest BCUT2D eigenvalue weighted by atomic mass is 10.1. The molecule has 0 aliphatic carbocycles. The molecule has 0 unspecified atom stereocenters. The first-order chi connectivity index (χ1) is 7.75. The van der Waals surface area contributed by atoms with Crippen molar-refractivity contribution in [3.63, 3.8) is 0 Å². The summed E-state index contributed by atoms with van der Waals surface area (Å²) in [6.07, 6.45) is 7.01. The lowest BCUT2D eigenvalue weighted by Crippen LogP contribution is -2.03. The lowest BCUT2D eigenvalue weighted by molar-refractivity contribution is -0.136. The molecule has 0 aliphatic heterocycles. The Morgan fingerprint density at radius 3 is 2.75 bits per heavy atom. The Bertz CT molecular complexity index is 481. The van der Waals surface area contributed by atoms with Crippen LogP contribution in [0.2, 0.25) is 0 Å². The average Bonchev–Trinajstić information content (AvgIpc) is 2.66. The molecule has 2 heterocycles. The van der Waals surface area contributed by atoms with Gasteiger partial charge in [-0.2, -0.15) is 5.10 Å². The van der Waals surface area contributed by atoms with E-state index < -0.39 is 5.97 Å². The monoisotopic (exact) mass is 218 g/mol. The molecule has 82 valence electrons. The van der Waals surface area contributed by atoms with Crippen LogP contribution in [0.25, 0.3) is 0 Å². The lowest BCUT2D eigenvalue weighted by Gasteiger charge is -2.00. The molecular weight excluding hydrogens is 208 g/mol. The maximum atomic E-state index is 10.6. The maximum absolute atomic E-state index is 10.6. The minimum atomic E-state index is -0.880. The van der Waals surface area contributed by atoms with E-state index in [0.717, 1.165) is 11.1 Å². The predicted octanol–water partition coefficient (Wildman–Crippen LogP) is 0.418. The highest BCUT2D eigenvalue weighted by Gasteiger charge is 2.09. The third-order valence-electron chi connectivity index (χ3n) is 2.14. The molecule has 0 amide bonds. The highest BCUT2D eigenvalue weighted by molar-refractivity contribution is 5.70. The molecule has 0 saturated heterocycles. The summed E-state index contributed by atoms with van der Waals surface area (Å²) in [4.78, 5) is 18.4. The number of hydrogen-bond donors (Lipinski definition) is 2. The molecule has 2 aromatic rings. The fraction of sp³-hybridized carbons (Fsp3) is 0.200. The minimum Gasteiger partial charge on any atom is -0.481 e. The van der Waals surface area contributed by atoms with Crippen molar-refractivity contribution in [1.29, 1.82) is 0 Å². The summed E-state index contributed by atoms with van der Waals surface area (Å²) < 4.78 is 0. The van der Waals surface area contributed by atoms with Gasteiger partial charge in [0.15, 0.2) is 0 Å². The van der Waals surface area contributed by atoms with Gasteiger partial charge < -0.3 is 5.11 Å². The first-order valence-electron chi connectivity index (χ1n) is 4.72. The normalized spacial score (nSPS) is 10.2. The molecule has 0 atom stereocenters. The Morgan fingerprint density at radius 2 is 2.06 bits per heavy atom. The minimum absolute atomic E-state index is 0.0526. The summed E-state index contributed by atoms with van der Waals surface area (Å²) in [5.41, 5.74) is 2.41. The third kappa shape index (κ3) is 2.41. The topological polar surface area (TPSA) is 91.8 Å². The second-order valence-corrected chi connectivity index (χ2v) is 3.37. The zero-order chi connectivity index (χ0) is 11.4. The van der Waals surface area contributed by atoms with Gasteiger partial charge in [0.25, 0.3) is 0 Å². The molecule has 6 nitrogen and oxygen atoms in total. The Morgan fingerprint density at radius 1 is 1.31 bits per heavy atom. The van der Waals surface area contributed by atoms with E-state index in [-0.39, 0.29) is 6.42 Å². The van der Waals surface area contributed by atoms with E-state index in [1.54, 1.807) is 18.6 Å². The second-order valence-electron chi connectivity index (χ2n) is 3.37. The van der Waals surface area contributed by atoms with Crippen molar-refractivity contribution in [2.75, 3.05) is 0 Å². The largest absolute Gasteiger partial charge is 0.481 e. The molecule has 0 bridgehead atoms. The summed E-state index contributed by atoms with van der Waals surface area (Å²) in [5.74, 6) is -0.880. The van der Waals surface area contributed by atoms with E-state index in [2.05, 4.69) is 20.2 Å². The molecule has 0 radical (unpaired) electrons. The van der Waals surface area contributed by atoms with Crippen LogP contribution in [0, 0.1) is 0 Å². The maximum Gasteiger partial charge on any atom is 0.309 e. The Labute approximate surface area is 91.4 Å². The number of carbonyl (C=O) groups is 1. The number of carboxylic acids is 1. The van der Waals surface area contributed by atoms with Crippen molar-refractivity contribution in [2.45, 2.75) is 12.8 Å². The molecule has 0 saturated carbocycles. The number of hydrogen-bond acceptors (Lipinski definition) is 4. The molecule has 2 rings (SSSR count). The van der Waals surface area contributed by atoms with Gasteiger partial charge in [0.1, 0.15) is 6.33 Å². The van der Waals surface area contributed by atoms with Gasteiger partial charge in [0, 0.05) is 24.5 Å². The molecule has 0 fully saturated rings. The third-order valence-corrected chi connectivity index (χ3v) is 2.14. The highest BCUT2D eigenvalue weighted by Crippen LogP contribution is 2.11. The average molecular weight is 218 g/mol. The van der Waals surface area contributed by atoms with Crippen LogP contribution in [0.5, 0.6) is 0 Å². The van der Waals surface area contributed by atoms with Crippen molar-refractivity contribution in [3.05, 3.63) is 41.7 Å². The van der Waals surface area contributed by atoms with Crippen molar-refractivity contribution < 1.29 is 9.90 Å². The van der Waals surface area contributed by atoms with Crippen LogP contribution in [0.15, 0.2) is 24.9 Å². The molecular formula is C10H10N4O2. The number of H-pyrrole nitrogens is 1. The van der Waals surface area contributed by atoms with Gasteiger partial charge in [0.05, 0.1) is 12.6 Å². The first kappa shape index (κ1) is 10.3. The van der Waals surface area contributed by atoms with Gasteiger partial charge in [-0.3, -0.25) is 9.89 Å².